The maximum atomic E-state index is 11.3. The van der Waals surface area contributed by atoms with Crippen molar-refractivity contribution in [2.75, 3.05) is 0 Å². The fourth-order valence-electron chi connectivity index (χ4n) is 2.59. The number of ketones is 1. The SMILES string of the molecule is O=C1C=C(NC2CCCCCC2)CCC1. The molecule has 2 heteroatoms. The lowest BCUT2D eigenvalue weighted by molar-refractivity contribution is -0.115. The molecule has 0 aromatic heterocycles. The molecule has 0 spiro atoms. The Hall–Kier alpha value is -0.790. The Morgan fingerprint density at radius 3 is 2.40 bits per heavy atom. The van der Waals surface area contributed by atoms with Crippen molar-refractivity contribution < 1.29 is 4.79 Å². The fourth-order valence-corrected chi connectivity index (χ4v) is 2.59. The summed E-state index contributed by atoms with van der Waals surface area (Å²) >= 11 is 0. The van der Waals surface area contributed by atoms with Crippen LogP contribution in [0.2, 0.25) is 0 Å². The average Bonchev–Trinajstić information content (AvgIpc) is 2.46. The summed E-state index contributed by atoms with van der Waals surface area (Å²) in [4.78, 5) is 11.3. The van der Waals surface area contributed by atoms with Crippen molar-refractivity contribution in [1.82, 2.24) is 5.32 Å². The summed E-state index contributed by atoms with van der Waals surface area (Å²) in [5.74, 6) is 0.303. The quantitative estimate of drug-likeness (QED) is 0.705. The number of carbonyl (C=O) groups is 1. The van der Waals surface area contributed by atoms with E-state index in [0.29, 0.717) is 11.8 Å². The predicted octanol–water partition coefficient (Wildman–Crippen LogP) is 2.94. The summed E-state index contributed by atoms with van der Waals surface area (Å²) in [6, 6.07) is 0.629. The van der Waals surface area contributed by atoms with E-state index in [2.05, 4.69) is 5.32 Å². The molecule has 2 aliphatic carbocycles. The molecular weight excluding hydrogens is 186 g/mol. The van der Waals surface area contributed by atoms with Gasteiger partial charge >= 0.3 is 0 Å². The highest BCUT2D eigenvalue weighted by Gasteiger charge is 2.15. The first-order valence-corrected chi connectivity index (χ1v) is 6.34. The normalized spacial score (nSPS) is 24.5. The van der Waals surface area contributed by atoms with Crippen molar-refractivity contribution in [2.45, 2.75) is 63.8 Å². The maximum Gasteiger partial charge on any atom is 0.157 e. The van der Waals surface area contributed by atoms with Gasteiger partial charge in [0.25, 0.3) is 0 Å². The molecule has 0 bridgehead atoms. The molecule has 15 heavy (non-hydrogen) atoms. The largest absolute Gasteiger partial charge is 0.386 e. The molecule has 2 nitrogen and oxygen atoms in total. The van der Waals surface area contributed by atoms with Crippen LogP contribution in [0, 0.1) is 0 Å². The van der Waals surface area contributed by atoms with Gasteiger partial charge in [0.2, 0.25) is 0 Å². The van der Waals surface area contributed by atoms with Gasteiger partial charge in [-0.1, -0.05) is 25.7 Å². The third-order valence-corrected chi connectivity index (χ3v) is 3.45. The minimum atomic E-state index is 0.303. The van der Waals surface area contributed by atoms with Crippen molar-refractivity contribution in [3.05, 3.63) is 11.8 Å². The van der Waals surface area contributed by atoms with Crippen LogP contribution in [-0.2, 0) is 4.79 Å². The average molecular weight is 207 g/mol. The minimum absolute atomic E-state index is 0.303. The Morgan fingerprint density at radius 2 is 1.73 bits per heavy atom. The minimum Gasteiger partial charge on any atom is -0.386 e. The van der Waals surface area contributed by atoms with Crippen LogP contribution in [0.25, 0.3) is 0 Å². The number of allylic oxidation sites excluding steroid dienone is 2. The molecule has 84 valence electrons. The number of hydrogen-bond donors (Lipinski definition) is 1. The fraction of sp³-hybridized carbons (Fsp3) is 0.769. The first-order valence-electron chi connectivity index (χ1n) is 6.34. The first kappa shape index (κ1) is 10.7. The molecule has 0 aliphatic heterocycles. The zero-order chi connectivity index (χ0) is 10.5. The molecule has 1 saturated carbocycles. The standard InChI is InChI=1S/C13H21NO/c15-13-9-5-8-12(10-13)14-11-6-3-1-2-4-7-11/h10-11,14H,1-9H2. The van der Waals surface area contributed by atoms with Gasteiger partial charge in [-0.05, 0) is 25.7 Å². The summed E-state index contributed by atoms with van der Waals surface area (Å²) < 4.78 is 0. The molecule has 0 amide bonds. The highest BCUT2D eigenvalue weighted by atomic mass is 16.1. The predicted molar refractivity (Wildman–Crippen MR) is 61.6 cm³/mol. The second-order valence-corrected chi connectivity index (χ2v) is 4.82. The molecule has 0 radical (unpaired) electrons. The van der Waals surface area contributed by atoms with Crippen LogP contribution in [0.1, 0.15) is 57.8 Å². The number of hydrogen-bond acceptors (Lipinski definition) is 2. The smallest absolute Gasteiger partial charge is 0.157 e. The van der Waals surface area contributed by atoms with Crippen LogP contribution in [0.5, 0.6) is 0 Å². The number of rotatable bonds is 2. The van der Waals surface area contributed by atoms with Crippen molar-refractivity contribution >= 4 is 5.78 Å². The van der Waals surface area contributed by atoms with Crippen molar-refractivity contribution in [2.24, 2.45) is 0 Å². The molecule has 2 aliphatic rings. The van der Waals surface area contributed by atoms with Crippen LogP contribution in [0.4, 0.5) is 0 Å². The Morgan fingerprint density at radius 1 is 1.00 bits per heavy atom. The van der Waals surface area contributed by atoms with E-state index in [4.69, 9.17) is 0 Å². The number of carbonyl (C=O) groups excluding carboxylic acids is 1. The van der Waals surface area contributed by atoms with Crippen LogP contribution < -0.4 is 5.32 Å². The Balaban J connectivity index is 1.86. The third kappa shape index (κ3) is 3.37. The Bertz CT molecular complexity index is 249. The van der Waals surface area contributed by atoms with Gasteiger partial charge in [-0.25, -0.2) is 0 Å². The second-order valence-electron chi connectivity index (χ2n) is 4.82. The van der Waals surface area contributed by atoms with Gasteiger partial charge < -0.3 is 5.32 Å². The van der Waals surface area contributed by atoms with Crippen LogP contribution in [0.3, 0.4) is 0 Å². The topological polar surface area (TPSA) is 29.1 Å². The molecule has 0 aromatic carbocycles. The zero-order valence-electron chi connectivity index (χ0n) is 9.43. The Kier molecular flexibility index (Phi) is 3.81. The van der Waals surface area contributed by atoms with E-state index in [-0.39, 0.29) is 0 Å². The van der Waals surface area contributed by atoms with Crippen LogP contribution in [0.15, 0.2) is 11.8 Å². The van der Waals surface area contributed by atoms with Gasteiger partial charge in [0, 0.05) is 24.2 Å². The summed E-state index contributed by atoms with van der Waals surface area (Å²) in [5, 5.41) is 3.57. The molecular formula is C13H21NO. The summed E-state index contributed by atoms with van der Waals surface area (Å²) in [6.45, 7) is 0. The number of nitrogens with one attached hydrogen (secondary N) is 1. The molecule has 0 unspecified atom stereocenters. The summed E-state index contributed by atoms with van der Waals surface area (Å²) in [6.07, 6.45) is 12.7. The lowest BCUT2D eigenvalue weighted by Gasteiger charge is -2.21. The van der Waals surface area contributed by atoms with E-state index in [1.54, 1.807) is 0 Å². The first-order chi connectivity index (χ1) is 7.34. The Labute approximate surface area is 92.1 Å². The highest BCUT2D eigenvalue weighted by Crippen LogP contribution is 2.20. The molecule has 2 rings (SSSR count). The second kappa shape index (κ2) is 5.34. The lowest BCUT2D eigenvalue weighted by Crippen LogP contribution is -2.29. The third-order valence-electron chi connectivity index (χ3n) is 3.45. The molecule has 1 fully saturated rings. The van der Waals surface area contributed by atoms with Gasteiger partial charge in [0.1, 0.15) is 0 Å². The highest BCUT2D eigenvalue weighted by molar-refractivity contribution is 5.91. The van der Waals surface area contributed by atoms with Gasteiger partial charge in [-0.3, -0.25) is 4.79 Å². The van der Waals surface area contributed by atoms with E-state index in [1.165, 1.54) is 44.2 Å². The van der Waals surface area contributed by atoms with Gasteiger partial charge in [-0.15, -0.1) is 0 Å². The van der Waals surface area contributed by atoms with Crippen molar-refractivity contribution in [3.63, 3.8) is 0 Å². The van der Waals surface area contributed by atoms with E-state index in [9.17, 15) is 4.79 Å². The van der Waals surface area contributed by atoms with Crippen LogP contribution in [-0.4, -0.2) is 11.8 Å². The van der Waals surface area contributed by atoms with Crippen molar-refractivity contribution in [1.29, 1.82) is 0 Å². The van der Waals surface area contributed by atoms with E-state index in [0.717, 1.165) is 19.3 Å². The van der Waals surface area contributed by atoms with Gasteiger partial charge in [-0.2, -0.15) is 0 Å². The molecule has 0 saturated heterocycles. The monoisotopic (exact) mass is 207 g/mol. The van der Waals surface area contributed by atoms with Crippen LogP contribution >= 0.6 is 0 Å². The van der Waals surface area contributed by atoms with E-state index < -0.39 is 0 Å². The van der Waals surface area contributed by atoms with E-state index in [1.807, 2.05) is 6.08 Å². The molecule has 0 aromatic rings. The van der Waals surface area contributed by atoms with E-state index >= 15 is 0 Å². The summed E-state index contributed by atoms with van der Waals surface area (Å²) in [5.41, 5.74) is 1.19. The van der Waals surface area contributed by atoms with Gasteiger partial charge in [0.15, 0.2) is 5.78 Å². The van der Waals surface area contributed by atoms with Gasteiger partial charge in [0.05, 0.1) is 0 Å². The molecule has 1 N–H and O–H groups in total. The maximum absolute atomic E-state index is 11.3. The summed E-state index contributed by atoms with van der Waals surface area (Å²) in [7, 11) is 0. The zero-order valence-corrected chi connectivity index (χ0v) is 9.43. The van der Waals surface area contributed by atoms with Crippen molar-refractivity contribution in [3.8, 4) is 0 Å². The lowest BCUT2D eigenvalue weighted by atomic mass is 10.0. The molecule has 0 heterocycles. The molecule has 0 atom stereocenters.